The van der Waals surface area contributed by atoms with E-state index in [4.69, 9.17) is 9.84 Å². The fourth-order valence-electron chi connectivity index (χ4n) is 2.68. The van der Waals surface area contributed by atoms with Gasteiger partial charge in [-0.3, -0.25) is 4.79 Å². The highest BCUT2D eigenvalue weighted by molar-refractivity contribution is 5.78. The zero-order valence-corrected chi connectivity index (χ0v) is 12.9. The van der Waals surface area contributed by atoms with Crippen LogP contribution in [0.3, 0.4) is 0 Å². The van der Waals surface area contributed by atoms with Gasteiger partial charge in [0.25, 0.3) is 5.91 Å². The molecule has 0 bridgehead atoms. The number of likely N-dealkylation sites (tertiary alicyclic amines) is 1. The molecule has 0 radical (unpaired) electrons. The van der Waals surface area contributed by atoms with Crippen molar-refractivity contribution in [1.29, 1.82) is 0 Å². The number of amides is 1. The predicted molar refractivity (Wildman–Crippen MR) is 82.4 cm³/mol. The summed E-state index contributed by atoms with van der Waals surface area (Å²) in [4.78, 5) is 13.9. The van der Waals surface area contributed by atoms with Crippen molar-refractivity contribution in [2.45, 2.75) is 32.6 Å². The number of hydrogen-bond acceptors (Lipinski definition) is 3. The maximum absolute atomic E-state index is 12.2. The largest absolute Gasteiger partial charge is 0.483 e. The smallest absolute Gasteiger partial charge is 0.260 e. The topological polar surface area (TPSA) is 49.8 Å². The zero-order valence-electron chi connectivity index (χ0n) is 12.9. The summed E-state index contributed by atoms with van der Waals surface area (Å²) in [5, 5.41) is 9.13. The summed E-state index contributed by atoms with van der Waals surface area (Å²) in [7, 11) is 0. The van der Waals surface area contributed by atoms with E-state index in [-0.39, 0.29) is 25.0 Å². The highest BCUT2D eigenvalue weighted by atomic mass is 16.5. The molecule has 0 spiro atoms. The van der Waals surface area contributed by atoms with Gasteiger partial charge in [-0.2, -0.15) is 0 Å². The van der Waals surface area contributed by atoms with Gasteiger partial charge in [0.1, 0.15) is 5.75 Å². The molecule has 2 unspecified atom stereocenters. The average molecular weight is 291 g/mol. The second-order valence-electron chi connectivity index (χ2n) is 5.81. The van der Waals surface area contributed by atoms with Crippen molar-refractivity contribution < 1.29 is 14.6 Å². The first-order chi connectivity index (χ1) is 10.2. The normalized spacial score (nSPS) is 19.6. The van der Waals surface area contributed by atoms with Crippen LogP contribution < -0.4 is 4.74 Å². The van der Waals surface area contributed by atoms with Crippen molar-refractivity contribution in [3.63, 3.8) is 0 Å². The molecule has 21 heavy (non-hydrogen) atoms. The minimum absolute atomic E-state index is 0.00454. The van der Waals surface area contributed by atoms with Crippen molar-refractivity contribution in [2.75, 3.05) is 26.3 Å². The van der Waals surface area contributed by atoms with Crippen LogP contribution in [-0.2, 0) is 4.79 Å². The molecule has 1 heterocycles. The third kappa shape index (κ3) is 3.97. The lowest BCUT2D eigenvalue weighted by molar-refractivity contribution is -0.132. The lowest BCUT2D eigenvalue weighted by atomic mass is 9.98. The molecule has 1 aliphatic heterocycles. The lowest BCUT2D eigenvalue weighted by Gasteiger charge is -2.19. The molecule has 4 heteroatoms. The number of rotatable bonds is 6. The van der Waals surface area contributed by atoms with Gasteiger partial charge in [-0.1, -0.05) is 32.0 Å². The van der Waals surface area contributed by atoms with Gasteiger partial charge in [0, 0.05) is 25.6 Å². The van der Waals surface area contributed by atoms with Crippen LogP contribution >= 0.6 is 0 Å². The van der Waals surface area contributed by atoms with Crippen LogP contribution in [0.4, 0.5) is 0 Å². The molecular weight excluding hydrogens is 266 g/mol. The maximum atomic E-state index is 12.2. The number of benzene rings is 1. The molecule has 4 nitrogen and oxygen atoms in total. The molecule has 1 saturated heterocycles. The molecule has 1 aliphatic rings. The molecule has 2 atom stereocenters. The Balaban J connectivity index is 1.93. The van der Waals surface area contributed by atoms with Crippen LogP contribution in [0.1, 0.15) is 38.2 Å². The Bertz CT molecular complexity index is 475. The molecule has 0 aliphatic carbocycles. The van der Waals surface area contributed by atoms with Gasteiger partial charge in [0.15, 0.2) is 6.61 Å². The molecule has 1 amide bonds. The Labute approximate surface area is 126 Å². The Morgan fingerprint density at radius 2 is 2.24 bits per heavy atom. The molecule has 1 aromatic carbocycles. The van der Waals surface area contributed by atoms with E-state index >= 15 is 0 Å². The van der Waals surface area contributed by atoms with Crippen LogP contribution in [0.5, 0.6) is 5.75 Å². The standard InChI is InChI=1S/C17H25NO3/c1-3-13(2)15-6-4-5-7-16(15)21-12-17(20)18-9-8-14(10-18)11-19/h4-7,13-14,19H,3,8-12H2,1-2H3. The molecule has 0 saturated carbocycles. The highest BCUT2D eigenvalue weighted by Gasteiger charge is 2.25. The zero-order chi connectivity index (χ0) is 15.2. The fourth-order valence-corrected chi connectivity index (χ4v) is 2.68. The van der Waals surface area contributed by atoms with E-state index in [0.29, 0.717) is 12.5 Å². The first-order valence-corrected chi connectivity index (χ1v) is 7.76. The molecule has 1 fully saturated rings. The summed E-state index contributed by atoms with van der Waals surface area (Å²) in [5.74, 6) is 1.45. The van der Waals surface area contributed by atoms with E-state index in [1.807, 2.05) is 18.2 Å². The van der Waals surface area contributed by atoms with Gasteiger partial charge in [0.2, 0.25) is 0 Å². The molecule has 116 valence electrons. The van der Waals surface area contributed by atoms with E-state index in [9.17, 15) is 4.79 Å². The van der Waals surface area contributed by atoms with Gasteiger partial charge in [-0.25, -0.2) is 0 Å². The number of hydrogen-bond donors (Lipinski definition) is 1. The van der Waals surface area contributed by atoms with Crippen LogP contribution in [0, 0.1) is 5.92 Å². The molecule has 0 aromatic heterocycles. The SMILES string of the molecule is CCC(C)c1ccccc1OCC(=O)N1CCC(CO)C1. The van der Waals surface area contributed by atoms with Crippen LogP contribution in [0.2, 0.25) is 0 Å². The second-order valence-corrected chi connectivity index (χ2v) is 5.81. The maximum Gasteiger partial charge on any atom is 0.260 e. The summed E-state index contributed by atoms with van der Waals surface area (Å²) in [6.45, 7) is 5.90. The molecular formula is C17H25NO3. The van der Waals surface area contributed by atoms with Crippen LogP contribution in [0.25, 0.3) is 0 Å². The van der Waals surface area contributed by atoms with E-state index in [1.165, 1.54) is 0 Å². The van der Waals surface area contributed by atoms with Crippen LogP contribution in [0.15, 0.2) is 24.3 Å². The monoisotopic (exact) mass is 291 g/mol. The van der Waals surface area contributed by atoms with E-state index in [1.54, 1.807) is 4.90 Å². The molecule has 1 N–H and O–H groups in total. The average Bonchev–Trinajstić information content (AvgIpc) is 3.01. The van der Waals surface area contributed by atoms with Crippen molar-refractivity contribution in [3.05, 3.63) is 29.8 Å². The Hall–Kier alpha value is -1.55. The Kier molecular flexibility index (Phi) is 5.62. The Morgan fingerprint density at radius 3 is 2.90 bits per heavy atom. The van der Waals surface area contributed by atoms with Crippen molar-refractivity contribution in [2.24, 2.45) is 5.92 Å². The predicted octanol–water partition coefficient (Wildman–Crippen LogP) is 2.42. The minimum atomic E-state index is 0.00454. The second kappa shape index (κ2) is 7.46. The van der Waals surface area contributed by atoms with E-state index in [0.717, 1.165) is 30.7 Å². The van der Waals surface area contributed by atoms with Crippen LogP contribution in [-0.4, -0.2) is 42.2 Å². The highest BCUT2D eigenvalue weighted by Crippen LogP contribution is 2.28. The van der Waals surface area contributed by atoms with Gasteiger partial charge in [-0.05, 0) is 30.4 Å². The summed E-state index contributed by atoms with van der Waals surface area (Å²) in [6.07, 6.45) is 1.92. The van der Waals surface area contributed by atoms with E-state index in [2.05, 4.69) is 19.9 Å². The lowest BCUT2D eigenvalue weighted by Crippen LogP contribution is -2.33. The fraction of sp³-hybridized carbons (Fsp3) is 0.588. The summed E-state index contributed by atoms with van der Waals surface area (Å²) in [6, 6.07) is 7.92. The van der Waals surface area contributed by atoms with Gasteiger partial charge in [0.05, 0.1) is 0 Å². The van der Waals surface area contributed by atoms with E-state index < -0.39 is 0 Å². The molecule has 1 aromatic rings. The number of nitrogens with zero attached hydrogens (tertiary/aromatic N) is 1. The number of carbonyl (C=O) groups excluding carboxylic acids is 1. The quantitative estimate of drug-likeness (QED) is 0.875. The van der Waals surface area contributed by atoms with Gasteiger partial charge in [-0.15, -0.1) is 0 Å². The molecule has 2 rings (SSSR count). The number of aliphatic hydroxyl groups is 1. The minimum Gasteiger partial charge on any atom is -0.483 e. The number of ether oxygens (including phenoxy) is 1. The van der Waals surface area contributed by atoms with Crippen molar-refractivity contribution >= 4 is 5.91 Å². The summed E-state index contributed by atoms with van der Waals surface area (Å²) >= 11 is 0. The number of aliphatic hydroxyl groups excluding tert-OH is 1. The third-order valence-corrected chi connectivity index (χ3v) is 4.31. The summed E-state index contributed by atoms with van der Waals surface area (Å²) < 4.78 is 5.75. The van der Waals surface area contributed by atoms with Gasteiger partial charge >= 0.3 is 0 Å². The third-order valence-electron chi connectivity index (χ3n) is 4.31. The summed E-state index contributed by atoms with van der Waals surface area (Å²) in [5.41, 5.74) is 1.16. The Morgan fingerprint density at radius 1 is 1.48 bits per heavy atom. The van der Waals surface area contributed by atoms with Gasteiger partial charge < -0.3 is 14.7 Å². The first kappa shape index (κ1) is 15.8. The van der Waals surface area contributed by atoms with Crippen molar-refractivity contribution in [3.8, 4) is 5.75 Å². The van der Waals surface area contributed by atoms with Crippen molar-refractivity contribution in [1.82, 2.24) is 4.90 Å². The first-order valence-electron chi connectivity index (χ1n) is 7.76. The number of carbonyl (C=O) groups is 1. The number of para-hydroxylation sites is 1.